The Morgan fingerprint density at radius 2 is 1.00 bits per heavy atom. The van der Waals surface area contributed by atoms with Crippen molar-refractivity contribution in [1.82, 2.24) is 0 Å². The van der Waals surface area contributed by atoms with Gasteiger partial charge in [0.2, 0.25) is 0 Å². The number of hydrogen-bond acceptors (Lipinski definition) is 2. The summed E-state index contributed by atoms with van der Waals surface area (Å²) in [6.07, 6.45) is 0. The largest absolute Gasteiger partial charge is 0.397 e. The molecule has 0 atom stereocenters. The number of para-hydroxylation sites is 2. The lowest BCUT2D eigenvalue weighted by molar-refractivity contribution is 1.16. The summed E-state index contributed by atoms with van der Waals surface area (Å²) in [6.45, 7) is 13.0. The van der Waals surface area contributed by atoms with Crippen LogP contribution in [0.4, 0.5) is 22.7 Å². The lowest BCUT2D eigenvalue weighted by Gasteiger charge is -2.32. The molecule has 2 nitrogen and oxygen atoms in total. The fraction of sp³-hybridized carbons (Fsp3) is 0.250. The van der Waals surface area contributed by atoms with E-state index in [0.29, 0.717) is 0 Å². The number of anilines is 4. The number of aryl methyl sites for hydroxylation is 6. The van der Waals surface area contributed by atoms with Crippen LogP contribution >= 0.6 is 0 Å². The Morgan fingerprint density at radius 1 is 0.615 bits per heavy atom. The van der Waals surface area contributed by atoms with Gasteiger partial charge in [0.05, 0.1) is 22.7 Å². The summed E-state index contributed by atoms with van der Waals surface area (Å²) in [4.78, 5) is 2.34. The zero-order valence-corrected chi connectivity index (χ0v) is 16.6. The number of rotatable bonds is 3. The van der Waals surface area contributed by atoms with Crippen molar-refractivity contribution in [2.45, 2.75) is 41.5 Å². The van der Waals surface area contributed by atoms with Gasteiger partial charge in [-0.1, -0.05) is 47.5 Å². The molecule has 0 unspecified atom stereocenters. The van der Waals surface area contributed by atoms with E-state index in [1.807, 2.05) is 12.1 Å². The zero-order chi connectivity index (χ0) is 19.0. The molecule has 2 N–H and O–H groups in total. The van der Waals surface area contributed by atoms with E-state index in [0.717, 1.165) is 11.4 Å². The normalized spacial score (nSPS) is 10.8. The van der Waals surface area contributed by atoms with Crippen molar-refractivity contribution in [3.8, 4) is 0 Å². The minimum Gasteiger partial charge on any atom is -0.397 e. The molecule has 0 saturated heterocycles. The van der Waals surface area contributed by atoms with E-state index in [2.05, 4.69) is 82.8 Å². The molecule has 26 heavy (non-hydrogen) atoms. The van der Waals surface area contributed by atoms with Crippen LogP contribution in [0, 0.1) is 41.5 Å². The van der Waals surface area contributed by atoms with Crippen LogP contribution in [0.2, 0.25) is 0 Å². The van der Waals surface area contributed by atoms with Gasteiger partial charge in [-0.2, -0.15) is 0 Å². The van der Waals surface area contributed by atoms with Gasteiger partial charge in [0.1, 0.15) is 0 Å². The smallest absolute Gasteiger partial charge is 0.0691 e. The highest BCUT2D eigenvalue weighted by atomic mass is 15.2. The number of nitrogens with two attached hydrogens (primary N) is 1. The molecule has 3 aromatic rings. The molecule has 0 fully saturated rings. The lowest BCUT2D eigenvalue weighted by atomic mass is 9.98. The Balaban J connectivity index is 2.39. The van der Waals surface area contributed by atoms with Gasteiger partial charge in [0.15, 0.2) is 0 Å². The van der Waals surface area contributed by atoms with Crippen molar-refractivity contribution in [3.05, 3.63) is 81.9 Å². The van der Waals surface area contributed by atoms with Gasteiger partial charge in [-0.05, 0) is 75.9 Å². The van der Waals surface area contributed by atoms with E-state index in [1.54, 1.807) is 0 Å². The van der Waals surface area contributed by atoms with Gasteiger partial charge >= 0.3 is 0 Å². The second kappa shape index (κ2) is 6.87. The fourth-order valence-corrected chi connectivity index (χ4v) is 4.09. The second-order valence-electron chi connectivity index (χ2n) is 7.39. The second-order valence-corrected chi connectivity index (χ2v) is 7.39. The van der Waals surface area contributed by atoms with E-state index in [9.17, 15) is 0 Å². The molecule has 3 rings (SSSR count). The van der Waals surface area contributed by atoms with E-state index >= 15 is 0 Å². The summed E-state index contributed by atoms with van der Waals surface area (Å²) in [7, 11) is 0. The minimum absolute atomic E-state index is 0.784. The Labute approximate surface area is 157 Å². The molecule has 0 aliphatic carbocycles. The summed E-state index contributed by atoms with van der Waals surface area (Å²) in [5, 5.41) is 0. The summed E-state index contributed by atoms with van der Waals surface area (Å²) in [6, 6.07) is 17.1. The van der Waals surface area contributed by atoms with Crippen LogP contribution in [0.3, 0.4) is 0 Å². The highest BCUT2D eigenvalue weighted by molar-refractivity contribution is 5.88. The lowest BCUT2D eigenvalue weighted by Crippen LogP contribution is -2.17. The molecule has 134 valence electrons. The maximum absolute atomic E-state index is 6.41. The molecule has 0 radical (unpaired) electrons. The van der Waals surface area contributed by atoms with Gasteiger partial charge < -0.3 is 10.6 Å². The molecular formula is C24H28N2. The van der Waals surface area contributed by atoms with E-state index in [-0.39, 0.29) is 0 Å². The van der Waals surface area contributed by atoms with Crippen LogP contribution in [0.15, 0.2) is 48.5 Å². The summed E-state index contributed by atoms with van der Waals surface area (Å²) in [5.74, 6) is 0. The van der Waals surface area contributed by atoms with Crippen LogP contribution in [0.1, 0.15) is 33.4 Å². The van der Waals surface area contributed by atoms with Crippen LogP contribution in [0.5, 0.6) is 0 Å². The van der Waals surface area contributed by atoms with E-state index < -0.39 is 0 Å². The Morgan fingerprint density at radius 3 is 1.38 bits per heavy atom. The molecule has 0 aromatic heterocycles. The summed E-state index contributed by atoms with van der Waals surface area (Å²) in [5.41, 5.74) is 18.2. The number of nitrogen functional groups attached to an aromatic ring is 1. The highest BCUT2D eigenvalue weighted by Gasteiger charge is 2.22. The maximum Gasteiger partial charge on any atom is 0.0691 e. The molecule has 3 aromatic carbocycles. The van der Waals surface area contributed by atoms with Crippen molar-refractivity contribution >= 4 is 22.7 Å². The molecule has 0 amide bonds. The van der Waals surface area contributed by atoms with Crippen molar-refractivity contribution in [1.29, 1.82) is 0 Å². The van der Waals surface area contributed by atoms with Crippen molar-refractivity contribution in [2.75, 3.05) is 10.6 Å². The predicted molar refractivity (Wildman–Crippen MR) is 114 cm³/mol. The molecule has 0 spiro atoms. The van der Waals surface area contributed by atoms with E-state index in [1.165, 1.54) is 44.8 Å². The fourth-order valence-electron chi connectivity index (χ4n) is 4.09. The first kappa shape index (κ1) is 18.1. The van der Waals surface area contributed by atoms with Crippen molar-refractivity contribution in [3.63, 3.8) is 0 Å². The van der Waals surface area contributed by atoms with E-state index in [4.69, 9.17) is 5.73 Å². The number of nitrogens with zero attached hydrogens (tertiary/aromatic N) is 1. The molecule has 0 aliphatic heterocycles. The van der Waals surface area contributed by atoms with Crippen LogP contribution in [-0.4, -0.2) is 0 Å². The predicted octanol–water partition coefficient (Wildman–Crippen LogP) is 6.59. The van der Waals surface area contributed by atoms with Gasteiger partial charge in [-0.15, -0.1) is 0 Å². The third kappa shape index (κ3) is 3.20. The number of benzene rings is 3. The third-order valence-electron chi connectivity index (χ3n) is 4.90. The average Bonchev–Trinajstić information content (AvgIpc) is 2.52. The van der Waals surface area contributed by atoms with Gasteiger partial charge in [0, 0.05) is 0 Å². The van der Waals surface area contributed by atoms with Gasteiger partial charge in [-0.3, -0.25) is 0 Å². The average molecular weight is 345 g/mol. The number of hydrogen-bond donors (Lipinski definition) is 1. The van der Waals surface area contributed by atoms with Crippen LogP contribution in [0.25, 0.3) is 0 Å². The Bertz CT molecular complexity index is 866. The quantitative estimate of drug-likeness (QED) is 0.543. The first-order chi connectivity index (χ1) is 12.3. The first-order valence-corrected chi connectivity index (χ1v) is 9.10. The van der Waals surface area contributed by atoms with Crippen LogP contribution < -0.4 is 10.6 Å². The maximum atomic E-state index is 6.41. The highest BCUT2D eigenvalue weighted by Crippen LogP contribution is 2.44. The molecule has 0 heterocycles. The molecule has 2 heteroatoms. The summed E-state index contributed by atoms with van der Waals surface area (Å²) < 4.78 is 0. The zero-order valence-electron chi connectivity index (χ0n) is 16.6. The minimum atomic E-state index is 0.784. The SMILES string of the molecule is Cc1cc(C)c(N(c2ccccc2N)c2c(C)cc(C)cc2C)c(C)c1. The Kier molecular flexibility index (Phi) is 4.78. The molecule has 0 aliphatic rings. The molecule has 0 saturated carbocycles. The van der Waals surface area contributed by atoms with Gasteiger partial charge in [-0.25, -0.2) is 0 Å². The molecule has 0 bridgehead atoms. The third-order valence-corrected chi connectivity index (χ3v) is 4.90. The van der Waals surface area contributed by atoms with Crippen LogP contribution in [-0.2, 0) is 0 Å². The monoisotopic (exact) mass is 344 g/mol. The van der Waals surface area contributed by atoms with Crippen molar-refractivity contribution < 1.29 is 0 Å². The van der Waals surface area contributed by atoms with Crippen molar-refractivity contribution in [2.24, 2.45) is 0 Å². The summed E-state index contributed by atoms with van der Waals surface area (Å²) >= 11 is 0. The topological polar surface area (TPSA) is 29.3 Å². The first-order valence-electron chi connectivity index (χ1n) is 9.10. The Hall–Kier alpha value is -2.74. The molecular weight excluding hydrogens is 316 g/mol. The standard InChI is InChI=1S/C24H28N2/c1-15-11-17(3)23(18(4)12-15)26(22-10-8-7-9-21(22)25)24-19(5)13-16(2)14-20(24)6/h7-14H,25H2,1-6H3. The van der Waals surface area contributed by atoms with Gasteiger partial charge in [0.25, 0.3) is 0 Å².